The predicted molar refractivity (Wildman–Crippen MR) is 49.0 cm³/mol. The van der Waals surface area contributed by atoms with Gasteiger partial charge in [-0.05, 0) is 19.1 Å². The molecule has 0 unspecified atom stereocenters. The van der Waals surface area contributed by atoms with Crippen LogP contribution in [0.2, 0.25) is 0 Å². The van der Waals surface area contributed by atoms with Gasteiger partial charge in [0.05, 0.1) is 6.20 Å². The average Bonchev–Trinajstić information content (AvgIpc) is 2.52. The van der Waals surface area contributed by atoms with Gasteiger partial charge in [-0.25, -0.2) is 0 Å². The van der Waals surface area contributed by atoms with Crippen molar-refractivity contribution in [2.24, 2.45) is 7.05 Å². The molecule has 2 aromatic heterocycles. The summed E-state index contributed by atoms with van der Waals surface area (Å²) in [5.74, 6) is 0. The number of hydrogen-bond donors (Lipinski definition) is 0. The Bertz CT molecular complexity index is 419. The molecule has 2 rings (SSSR count). The molecule has 0 N–H and O–H groups in total. The normalized spacial score (nSPS) is 10.3. The summed E-state index contributed by atoms with van der Waals surface area (Å²) < 4.78 is 1.69. The van der Waals surface area contributed by atoms with E-state index in [1.165, 1.54) is 0 Å². The molecule has 4 nitrogen and oxygen atoms in total. The van der Waals surface area contributed by atoms with Crippen molar-refractivity contribution in [3.05, 3.63) is 30.2 Å². The molecule has 4 heteroatoms. The maximum absolute atomic E-state index is 4.12. The van der Waals surface area contributed by atoms with Crippen molar-refractivity contribution in [3.63, 3.8) is 0 Å². The second kappa shape index (κ2) is 2.97. The summed E-state index contributed by atoms with van der Waals surface area (Å²) in [5, 5.41) is 7.88. The van der Waals surface area contributed by atoms with Gasteiger partial charge in [-0.2, -0.15) is 0 Å². The van der Waals surface area contributed by atoms with Gasteiger partial charge in [0, 0.05) is 24.5 Å². The monoisotopic (exact) mass is 174 g/mol. The Kier molecular flexibility index (Phi) is 1.81. The van der Waals surface area contributed by atoms with Gasteiger partial charge >= 0.3 is 0 Å². The first-order valence-corrected chi connectivity index (χ1v) is 4.05. The molecule has 66 valence electrons. The third kappa shape index (κ3) is 1.56. The first kappa shape index (κ1) is 7.91. The largest absolute Gasteiger partial charge is 0.262 e. The molecule has 0 aliphatic rings. The highest BCUT2D eigenvalue weighted by Gasteiger charge is 2.01. The van der Waals surface area contributed by atoms with E-state index in [0.29, 0.717) is 0 Å². The van der Waals surface area contributed by atoms with Crippen molar-refractivity contribution in [2.45, 2.75) is 6.92 Å². The first-order chi connectivity index (χ1) is 6.25. The van der Waals surface area contributed by atoms with E-state index in [2.05, 4.69) is 15.3 Å². The van der Waals surface area contributed by atoms with Crippen LogP contribution in [0.1, 0.15) is 5.69 Å². The zero-order chi connectivity index (χ0) is 9.26. The Labute approximate surface area is 76.2 Å². The lowest BCUT2D eigenvalue weighted by Gasteiger charge is -1.95. The topological polar surface area (TPSA) is 43.6 Å². The van der Waals surface area contributed by atoms with Crippen LogP contribution < -0.4 is 0 Å². The van der Waals surface area contributed by atoms with E-state index in [4.69, 9.17) is 0 Å². The Morgan fingerprint density at radius 3 is 2.85 bits per heavy atom. The van der Waals surface area contributed by atoms with Crippen LogP contribution in [0.4, 0.5) is 0 Å². The van der Waals surface area contributed by atoms with Crippen molar-refractivity contribution >= 4 is 0 Å². The van der Waals surface area contributed by atoms with Crippen molar-refractivity contribution in [2.75, 3.05) is 0 Å². The lowest BCUT2D eigenvalue weighted by atomic mass is 10.2. The molecule has 0 aromatic carbocycles. The summed E-state index contributed by atoms with van der Waals surface area (Å²) in [6.07, 6.45) is 3.66. The smallest absolute Gasteiger partial charge is 0.113 e. The molecular weight excluding hydrogens is 164 g/mol. The van der Waals surface area contributed by atoms with Gasteiger partial charge in [0.25, 0.3) is 0 Å². The highest BCUT2D eigenvalue weighted by molar-refractivity contribution is 5.57. The number of nitrogens with zero attached hydrogens (tertiary/aromatic N) is 4. The third-order valence-electron chi connectivity index (χ3n) is 1.80. The van der Waals surface area contributed by atoms with E-state index in [1.807, 2.05) is 32.3 Å². The minimum atomic E-state index is 0.882. The second-order valence-electron chi connectivity index (χ2n) is 2.96. The molecule has 2 heterocycles. The van der Waals surface area contributed by atoms with E-state index in [0.717, 1.165) is 17.0 Å². The van der Waals surface area contributed by atoms with Gasteiger partial charge in [-0.15, -0.1) is 5.10 Å². The van der Waals surface area contributed by atoms with Crippen LogP contribution >= 0.6 is 0 Å². The Morgan fingerprint density at radius 2 is 2.23 bits per heavy atom. The summed E-state index contributed by atoms with van der Waals surface area (Å²) in [7, 11) is 1.85. The summed E-state index contributed by atoms with van der Waals surface area (Å²) in [4.78, 5) is 4.12. The third-order valence-corrected chi connectivity index (χ3v) is 1.80. The SMILES string of the molecule is Cc1cc(-c2cn(C)nn2)ccn1. The number of aryl methyl sites for hydroxylation is 2. The van der Waals surface area contributed by atoms with Crippen LogP contribution in [0, 0.1) is 6.92 Å². The summed E-state index contributed by atoms with van der Waals surface area (Å²) in [6, 6.07) is 3.92. The van der Waals surface area contributed by atoms with Gasteiger partial charge in [-0.3, -0.25) is 9.67 Å². The molecular formula is C9H10N4. The molecule has 0 amide bonds. The molecule has 0 aliphatic carbocycles. The van der Waals surface area contributed by atoms with E-state index in [9.17, 15) is 0 Å². The average molecular weight is 174 g/mol. The molecule has 0 fully saturated rings. The number of pyridine rings is 1. The fourth-order valence-electron chi connectivity index (χ4n) is 1.18. The van der Waals surface area contributed by atoms with Crippen LogP contribution in [0.3, 0.4) is 0 Å². The molecule has 0 spiro atoms. The van der Waals surface area contributed by atoms with Gasteiger partial charge in [-0.1, -0.05) is 5.21 Å². The fraction of sp³-hybridized carbons (Fsp3) is 0.222. The van der Waals surface area contributed by atoms with Crippen molar-refractivity contribution < 1.29 is 0 Å². The summed E-state index contributed by atoms with van der Waals surface area (Å²) >= 11 is 0. The summed E-state index contributed by atoms with van der Waals surface area (Å²) in [6.45, 7) is 1.96. The lowest BCUT2D eigenvalue weighted by Crippen LogP contribution is -1.85. The van der Waals surface area contributed by atoms with Crippen LogP contribution in [-0.2, 0) is 7.05 Å². The fourth-order valence-corrected chi connectivity index (χ4v) is 1.18. The standard InChI is InChI=1S/C9H10N4/c1-7-5-8(3-4-10-7)9-6-13(2)12-11-9/h3-6H,1-2H3. The number of aromatic nitrogens is 4. The second-order valence-corrected chi connectivity index (χ2v) is 2.96. The molecule has 2 aromatic rings. The number of hydrogen-bond acceptors (Lipinski definition) is 3. The van der Waals surface area contributed by atoms with E-state index >= 15 is 0 Å². The minimum Gasteiger partial charge on any atom is -0.262 e. The van der Waals surface area contributed by atoms with Gasteiger partial charge < -0.3 is 0 Å². The summed E-state index contributed by atoms with van der Waals surface area (Å²) in [5.41, 5.74) is 2.93. The minimum absolute atomic E-state index is 0.882. The highest BCUT2D eigenvalue weighted by Crippen LogP contribution is 2.14. The van der Waals surface area contributed by atoms with Crippen LogP contribution in [0.25, 0.3) is 11.3 Å². The maximum atomic E-state index is 4.12. The predicted octanol–water partition coefficient (Wildman–Crippen LogP) is 1.19. The molecule has 0 bridgehead atoms. The van der Waals surface area contributed by atoms with Gasteiger partial charge in [0.2, 0.25) is 0 Å². The molecule has 0 saturated heterocycles. The molecule has 0 aliphatic heterocycles. The Morgan fingerprint density at radius 1 is 1.38 bits per heavy atom. The lowest BCUT2D eigenvalue weighted by molar-refractivity contribution is 0.715. The van der Waals surface area contributed by atoms with Crippen molar-refractivity contribution in [1.82, 2.24) is 20.0 Å². The quantitative estimate of drug-likeness (QED) is 0.652. The van der Waals surface area contributed by atoms with Crippen LogP contribution in [0.15, 0.2) is 24.5 Å². The van der Waals surface area contributed by atoms with E-state index in [-0.39, 0.29) is 0 Å². The molecule has 0 radical (unpaired) electrons. The van der Waals surface area contributed by atoms with Gasteiger partial charge in [0.1, 0.15) is 5.69 Å². The van der Waals surface area contributed by atoms with E-state index < -0.39 is 0 Å². The maximum Gasteiger partial charge on any atom is 0.113 e. The van der Waals surface area contributed by atoms with Crippen LogP contribution in [-0.4, -0.2) is 20.0 Å². The Balaban J connectivity index is 2.46. The van der Waals surface area contributed by atoms with Gasteiger partial charge in [0.15, 0.2) is 0 Å². The highest BCUT2D eigenvalue weighted by atomic mass is 15.4. The van der Waals surface area contributed by atoms with E-state index in [1.54, 1.807) is 10.9 Å². The zero-order valence-corrected chi connectivity index (χ0v) is 7.60. The molecule has 0 atom stereocenters. The number of rotatable bonds is 1. The molecule has 0 saturated carbocycles. The Hall–Kier alpha value is -1.71. The van der Waals surface area contributed by atoms with Crippen LogP contribution in [0.5, 0.6) is 0 Å². The van der Waals surface area contributed by atoms with Crippen molar-refractivity contribution in [3.8, 4) is 11.3 Å². The molecule has 13 heavy (non-hydrogen) atoms. The van der Waals surface area contributed by atoms with Crippen molar-refractivity contribution in [1.29, 1.82) is 0 Å². The zero-order valence-electron chi connectivity index (χ0n) is 7.60. The first-order valence-electron chi connectivity index (χ1n) is 4.05.